The molecule has 1 aliphatic rings. The van der Waals surface area contributed by atoms with Gasteiger partial charge in [0.1, 0.15) is 6.04 Å². The summed E-state index contributed by atoms with van der Waals surface area (Å²) >= 11 is 0. The van der Waals surface area contributed by atoms with Gasteiger partial charge in [-0.15, -0.1) is 0 Å². The smallest absolute Gasteiger partial charge is 0.323 e. The van der Waals surface area contributed by atoms with Crippen molar-refractivity contribution in [2.75, 3.05) is 19.8 Å². The van der Waals surface area contributed by atoms with Crippen LogP contribution in [0.4, 0.5) is 0 Å². The molecule has 0 aliphatic carbocycles. The van der Waals surface area contributed by atoms with Crippen LogP contribution in [0.15, 0.2) is 0 Å². The van der Waals surface area contributed by atoms with Gasteiger partial charge in [-0.1, -0.05) is 6.92 Å². The van der Waals surface area contributed by atoms with Gasteiger partial charge in [0.05, 0.1) is 13.2 Å². The standard InChI is InChI=1S/C9H17NO3/c1-3-13-8(11)7(10)9(2)4-5-12-6-9/h7H,3-6,10H2,1-2H3. The van der Waals surface area contributed by atoms with E-state index in [9.17, 15) is 4.79 Å². The van der Waals surface area contributed by atoms with Crippen LogP contribution in [0, 0.1) is 5.41 Å². The van der Waals surface area contributed by atoms with E-state index in [-0.39, 0.29) is 11.4 Å². The number of carbonyl (C=O) groups is 1. The second kappa shape index (κ2) is 4.07. The van der Waals surface area contributed by atoms with Crippen molar-refractivity contribution in [2.45, 2.75) is 26.3 Å². The van der Waals surface area contributed by atoms with Crippen LogP contribution in [0.5, 0.6) is 0 Å². The molecule has 4 nitrogen and oxygen atoms in total. The van der Waals surface area contributed by atoms with Gasteiger partial charge in [0.15, 0.2) is 0 Å². The number of hydrogen-bond acceptors (Lipinski definition) is 4. The first-order valence-corrected chi connectivity index (χ1v) is 4.60. The van der Waals surface area contributed by atoms with E-state index in [0.717, 1.165) is 6.42 Å². The van der Waals surface area contributed by atoms with Gasteiger partial charge in [0, 0.05) is 12.0 Å². The largest absolute Gasteiger partial charge is 0.465 e. The molecule has 1 saturated heterocycles. The summed E-state index contributed by atoms with van der Waals surface area (Å²) in [6, 6.07) is -0.560. The topological polar surface area (TPSA) is 61.5 Å². The molecule has 2 atom stereocenters. The Bertz CT molecular complexity index is 187. The Kier molecular flexibility index (Phi) is 3.27. The molecule has 0 aromatic heterocycles. The highest BCUT2D eigenvalue weighted by atomic mass is 16.5. The first-order valence-electron chi connectivity index (χ1n) is 4.60. The Morgan fingerprint density at radius 2 is 2.46 bits per heavy atom. The van der Waals surface area contributed by atoms with Crippen molar-refractivity contribution >= 4 is 5.97 Å². The van der Waals surface area contributed by atoms with Crippen LogP contribution in [-0.2, 0) is 14.3 Å². The molecule has 0 aromatic carbocycles. The molecule has 2 unspecified atom stereocenters. The fourth-order valence-corrected chi connectivity index (χ4v) is 1.44. The average molecular weight is 187 g/mol. The summed E-state index contributed by atoms with van der Waals surface area (Å²) < 4.78 is 10.1. The quantitative estimate of drug-likeness (QED) is 0.646. The summed E-state index contributed by atoms with van der Waals surface area (Å²) in [5.41, 5.74) is 5.54. The Morgan fingerprint density at radius 3 is 2.92 bits per heavy atom. The van der Waals surface area contributed by atoms with Crippen molar-refractivity contribution in [3.05, 3.63) is 0 Å². The van der Waals surface area contributed by atoms with Gasteiger partial charge in [0.2, 0.25) is 0 Å². The summed E-state index contributed by atoms with van der Waals surface area (Å²) in [7, 11) is 0. The molecule has 0 amide bonds. The predicted octanol–water partition coefficient (Wildman–Crippen LogP) is 0.303. The zero-order valence-corrected chi connectivity index (χ0v) is 8.21. The minimum absolute atomic E-state index is 0.244. The highest BCUT2D eigenvalue weighted by Gasteiger charge is 2.40. The molecule has 76 valence electrons. The van der Waals surface area contributed by atoms with Gasteiger partial charge in [-0.2, -0.15) is 0 Å². The molecule has 4 heteroatoms. The molecular weight excluding hydrogens is 170 g/mol. The monoisotopic (exact) mass is 187 g/mol. The highest BCUT2D eigenvalue weighted by Crippen LogP contribution is 2.31. The van der Waals surface area contributed by atoms with Gasteiger partial charge < -0.3 is 15.2 Å². The third kappa shape index (κ3) is 2.19. The van der Waals surface area contributed by atoms with E-state index < -0.39 is 6.04 Å². The van der Waals surface area contributed by atoms with E-state index in [1.165, 1.54) is 0 Å². The van der Waals surface area contributed by atoms with Crippen molar-refractivity contribution in [1.29, 1.82) is 0 Å². The Labute approximate surface area is 78.4 Å². The molecule has 2 N–H and O–H groups in total. The maximum atomic E-state index is 11.3. The molecule has 0 saturated carbocycles. The van der Waals surface area contributed by atoms with E-state index in [4.69, 9.17) is 15.2 Å². The fraction of sp³-hybridized carbons (Fsp3) is 0.889. The van der Waals surface area contributed by atoms with Crippen molar-refractivity contribution < 1.29 is 14.3 Å². The first-order chi connectivity index (χ1) is 6.10. The van der Waals surface area contributed by atoms with Gasteiger partial charge in [0.25, 0.3) is 0 Å². The van der Waals surface area contributed by atoms with Crippen LogP contribution in [0.3, 0.4) is 0 Å². The molecule has 0 spiro atoms. The molecule has 0 radical (unpaired) electrons. The van der Waals surface area contributed by atoms with Gasteiger partial charge in [-0.25, -0.2) is 0 Å². The van der Waals surface area contributed by atoms with Gasteiger partial charge >= 0.3 is 5.97 Å². The van der Waals surface area contributed by atoms with E-state index in [1.54, 1.807) is 6.92 Å². The average Bonchev–Trinajstić information content (AvgIpc) is 2.52. The highest BCUT2D eigenvalue weighted by molar-refractivity contribution is 5.76. The SMILES string of the molecule is CCOC(=O)C(N)C1(C)CCOC1. The number of carbonyl (C=O) groups excluding carboxylic acids is 1. The molecule has 0 bridgehead atoms. The lowest BCUT2D eigenvalue weighted by atomic mass is 9.82. The normalized spacial score (nSPS) is 30.1. The minimum atomic E-state index is -0.560. The summed E-state index contributed by atoms with van der Waals surface area (Å²) in [4.78, 5) is 11.3. The number of esters is 1. The lowest BCUT2D eigenvalue weighted by molar-refractivity contribution is -0.147. The molecule has 1 fully saturated rings. The van der Waals surface area contributed by atoms with Crippen LogP contribution < -0.4 is 5.73 Å². The zero-order valence-electron chi connectivity index (χ0n) is 8.21. The minimum Gasteiger partial charge on any atom is -0.465 e. The predicted molar refractivity (Wildman–Crippen MR) is 48.2 cm³/mol. The van der Waals surface area contributed by atoms with Crippen LogP contribution in [0.25, 0.3) is 0 Å². The maximum absolute atomic E-state index is 11.3. The number of rotatable bonds is 3. The van der Waals surface area contributed by atoms with Crippen LogP contribution in [0.2, 0.25) is 0 Å². The number of nitrogens with two attached hydrogens (primary N) is 1. The van der Waals surface area contributed by atoms with E-state index in [2.05, 4.69) is 0 Å². The zero-order chi connectivity index (χ0) is 9.90. The molecule has 1 heterocycles. The van der Waals surface area contributed by atoms with Crippen molar-refractivity contribution in [3.63, 3.8) is 0 Å². The lowest BCUT2D eigenvalue weighted by Gasteiger charge is -2.27. The second-order valence-electron chi connectivity index (χ2n) is 3.69. The van der Waals surface area contributed by atoms with E-state index in [1.807, 2.05) is 6.92 Å². The summed E-state index contributed by atoms with van der Waals surface area (Å²) in [5.74, 6) is -0.324. The lowest BCUT2D eigenvalue weighted by Crippen LogP contribution is -2.47. The Balaban J connectivity index is 2.54. The summed E-state index contributed by atoms with van der Waals surface area (Å²) in [5, 5.41) is 0. The third-order valence-corrected chi connectivity index (χ3v) is 2.54. The third-order valence-electron chi connectivity index (χ3n) is 2.54. The number of ether oxygens (including phenoxy) is 2. The van der Waals surface area contributed by atoms with Crippen molar-refractivity contribution in [1.82, 2.24) is 0 Å². The van der Waals surface area contributed by atoms with Crippen molar-refractivity contribution in [2.24, 2.45) is 11.1 Å². The van der Waals surface area contributed by atoms with Crippen molar-refractivity contribution in [3.8, 4) is 0 Å². The summed E-state index contributed by atoms with van der Waals surface area (Å²) in [6.07, 6.45) is 0.826. The van der Waals surface area contributed by atoms with E-state index in [0.29, 0.717) is 19.8 Å². The van der Waals surface area contributed by atoms with Crippen LogP contribution >= 0.6 is 0 Å². The van der Waals surface area contributed by atoms with Crippen LogP contribution in [0.1, 0.15) is 20.3 Å². The molecule has 0 aromatic rings. The van der Waals surface area contributed by atoms with E-state index >= 15 is 0 Å². The molecular formula is C9H17NO3. The maximum Gasteiger partial charge on any atom is 0.323 e. The Morgan fingerprint density at radius 1 is 1.77 bits per heavy atom. The first kappa shape index (κ1) is 10.5. The van der Waals surface area contributed by atoms with Gasteiger partial charge in [-0.3, -0.25) is 4.79 Å². The fourth-order valence-electron chi connectivity index (χ4n) is 1.44. The number of hydrogen-bond donors (Lipinski definition) is 1. The van der Waals surface area contributed by atoms with Crippen LogP contribution in [-0.4, -0.2) is 31.8 Å². The molecule has 1 rings (SSSR count). The second-order valence-corrected chi connectivity index (χ2v) is 3.69. The molecule has 1 aliphatic heterocycles. The Hall–Kier alpha value is -0.610. The summed E-state index contributed by atoms with van der Waals surface area (Å²) in [6.45, 7) is 5.35. The molecule has 13 heavy (non-hydrogen) atoms. The van der Waals surface area contributed by atoms with Gasteiger partial charge in [-0.05, 0) is 13.3 Å².